The highest BCUT2D eigenvalue weighted by molar-refractivity contribution is 5.76. The van der Waals surface area contributed by atoms with Crippen LogP contribution in [0.2, 0.25) is 0 Å². The predicted octanol–water partition coefficient (Wildman–Crippen LogP) is 1.13. The van der Waals surface area contributed by atoms with Gasteiger partial charge in [-0.2, -0.15) is 14.8 Å². The molecule has 0 unspecified atom stereocenters. The third-order valence-corrected chi connectivity index (χ3v) is 3.45. The monoisotopic (exact) mass is 265 g/mol. The molecule has 0 aromatic carbocycles. The highest BCUT2D eigenvalue weighted by atomic mass is 15.3. The fraction of sp³-hybridized carbons (Fsp3) is 0.143. The van der Waals surface area contributed by atoms with Crippen LogP contribution in [0.1, 0.15) is 0 Å². The number of fused-ring (bicyclic) bond motifs is 2. The van der Waals surface area contributed by atoms with E-state index in [4.69, 9.17) is 0 Å². The van der Waals surface area contributed by atoms with E-state index in [0.29, 0.717) is 0 Å². The highest BCUT2D eigenvalue weighted by Crippen LogP contribution is 2.14. The van der Waals surface area contributed by atoms with E-state index in [0.717, 1.165) is 27.8 Å². The van der Waals surface area contributed by atoms with Gasteiger partial charge < -0.3 is 0 Å². The van der Waals surface area contributed by atoms with Gasteiger partial charge >= 0.3 is 0 Å². The topological polar surface area (TPSA) is 52.4 Å². The molecule has 0 saturated carbocycles. The molecule has 0 N–H and O–H groups in total. The highest BCUT2D eigenvalue weighted by Gasteiger charge is 2.16. The summed E-state index contributed by atoms with van der Waals surface area (Å²) < 4.78 is 5.73. The largest absolute Gasteiger partial charge is 0.268 e. The number of aryl methyl sites for hydroxylation is 2. The van der Waals surface area contributed by atoms with E-state index in [1.54, 1.807) is 6.20 Å². The molecule has 0 fully saturated rings. The number of hydrogen-bond donors (Lipinski definition) is 0. The van der Waals surface area contributed by atoms with Crippen LogP contribution < -0.4 is 4.57 Å². The Balaban J connectivity index is 2.02. The van der Waals surface area contributed by atoms with Gasteiger partial charge in [-0.05, 0) is 6.07 Å². The van der Waals surface area contributed by atoms with Crippen molar-refractivity contribution in [3.8, 4) is 5.69 Å². The van der Waals surface area contributed by atoms with Crippen LogP contribution in [0.25, 0.3) is 27.8 Å². The van der Waals surface area contributed by atoms with Crippen molar-refractivity contribution in [1.82, 2.24) is 24.5 Å². The van der Waals surface area contributed by atoms with Gasteiger partial charge in [0.1, 0.15) is 5.52 Å². The first-order valence-corrected chi connectivity index (χ1v) is 6.34. The molecule has 0 aliphatic rings. The second kappa shape index (κ2) is 3.86. The van der Waals surface area contributed by atoms with Gasteiger partial charge in [0.25, 0.3) is 5.52 Å². The maximum atomic E-state index is 4.46. The van der Waals surface area contributed by atoms with Crippen molar-refractivity contribution in [1.29, 1.82) is 0 Å². The van der Waals surface area contributed by atoms with Crippen molar-refractivity contribution in [2.24, 2.45) is 14.1 Å². The SMILES string of the molecule is Cn1cc2c(ccc[n+]2-c2cnc3cnn(C)c3c2)n1. The van der Waals surface area contributed by atoms with E-state index in [1.165, 1.54) is 0 Å². The van der Waals surface area contributed by atoms with E-state index >= 15 is 0 Å². The maximum absolute atomic E-state index is 4.46. The second-order valence-electron chi connectivity index (χ2n) is 4.82. The first-order valence-electron chi connectivity index (χ1n) is 6.34. The molecule has 4 aromatic heterocycles. The number of hydrogen-bond acceptors (Lipinski definition) is 3. The molecule has 4 heterocycles. The summed E-state index contributed by atoms with van der Waals surface area (Å²) in [6, 6.07) is 6.08. The molecule has 6 nitrogen and oxygen atoms in total. The average Bonchev–Trinajstić information content (AvgIpc) is 3.00. The molecular weight excluding hydrogens is 252 g/mol. The molecule has 4 aromatic rings. The lowest BCUT2D eigenvalue weighted by atomic mass is 10.3. The zero-order valence-corrected chi connectivity index (χ0v) is 11.2. The Labute approximate surface area is 114 Å². The summed E-state index contributed by atoms with van der Waals surface area (Å²) in [6.45, 7) is 0. The molecule has 98 valence electrons. The summed E-state index contributed by atoms with van der Waals surface area (Å²) in [5.74, 6) is 0. The van der Waals surface area contributed by atoms with Crippen molar-refractivity contribution in [2.75, 3.05) is 0 Å². The molecule has 0 saturated heterocycles. The zero-order valence-electron chi connectivity index (χ0n) is 11.2. The van der Waals surface area contributed by atoms with Gasteiger partial charge in [0, 0.05) is 26.2 Å². The van der Waals surface area contributed by atoms with E-state index in [-0.39, 0.29) is 0 Å². The normalized spacial score (nSPS) is 11.5. The molecule has 0 aliphatic heterocycles. The first kappa shape index (κ1) is 11.1. The third-order valence-electron chi connectivity index (χ3n) is 3.45. The summed E-state index contributed by atoms with van der Waals surface area (Å²) in [7, 11) is 3.84. The lowest BCUT2D eigenvalue weighted by Gasteiger charge is -1.98. The Morgan fingerprint density at radius 2 is 2.05 bits per heavy atom. The minimum Gasteiger partial charge on any atom is -0.268 e. The molecule has 0 aliphatic carbocycles. The van der Waals surface area contributed by atoms with Crippen LogP contribution in [-0.4, -0.2) is 24.5 Å². The molecular formula is C14H13N6+. The van der Waals surface area contributed by atoms with Crippen LogP contribution >= 0.6 is 0 Å². The van der Waals surface area contributed by atoms with Gasteiger partial charge in [-0.15, -0.1) is 0 Å². The van der Waals surface area contributed by atoms with Gasteiger partial charge in [0.2, 0.25) is 5.69 Å². The molecule has 4 rings (SSSR count). The Morgan fingerprint density at radius 3 is 2.95 bits per heavy atom. The molecule has 0 spiro atoms. The average molecular weight is 265 g/mol. The summed E-state index contributed by atoms with van der Waals surface area (Å²) in [5.41, 5.74) is 4.92. The molecule has 0 atom stereocenters. The number of aromatic nitrogens is 6. The van der Waals surface area contributed by atoms with Crippen LogP contribution in [0.5, 0.6) is 0 Å². The third kappa shape index (κ3) is 1.51. The lowest BCUT2D eigenvalue weighted by Crippen LogP contribution is -2.30. The van der Waals surface area contributed by atoms with Crippen LogP contribution in [0, 0.1) is 0 Å². The summed E-state index contributed by atoms with van der Waals surface area (Å²) in [4.78, 5) is 4.46. The molecule has 0 amide bonds. The van der Waals surface area contributed by atoms with Crippen molar-refractivity contribution in [3.05, 3.63) is 43.0 Å². The first-order chi connectivity index (χ1) is 9.72. The van der Waals surface area contributed by atoms with E-state index < -0.39 is 0 Å². The molecule has 0 radical (unpaired) electrons. The van der Waals surface area contributed by atoms with Crippen molar-refractivity contribution < 1.29 is 4.57 Å². The van der Waals surface area contributed by atoms with Gasteiger partial charge in [-0.25, -0.2) is 4.98 Å². The van der Waals surface area contributed by atoms with Crippen LogP contribution in [0.3, 0.4) is 0 Å². The van der Waals surface area contributed by atoms with E-state index in [1.807, 2.05) is 54.2 Å². The molecule has 6 heteroatoms. The number of nitrogens with zero attached hydrogens (tertiary/aromatic N) is 6. The lowest BCUT2D eigenvalue weighted by molar-refractivity contribution is -0.567. The number of rotatable bonds is 1. The fourth-order valence-corrected chi connectivity index (χ4v) is 2.47. The Hall–Kier alpha value is -2.76. The predicted molar refractivity (Wildman–Crippen MR) is 74.3 cm³/mol. The van der Waals surface area contributed by atoms with Crippen molar-refractivity contribution >= 4 is 22.1 Å². The minimum atomic E-state index is 0.898. The Morgan fingerprint density at radius 1 is 1.15 bits per heavy atom. The van der Waals surface area contributed by atoms with Crippen LogP contribution in [-0.2, 0) is 14.1 Å². The quantitative estimate of drug-likeness (QED) is 0.485. The fourth-order valence-electron chi connectivity index (χ4n) is 2.47. The smallest absolute Gasteiger partial charge is 0.256 e. The maximum Gasteiger partial charge on any atom is 0.256 e. The van der Waals surface area contributed by atoms with Crippen molar-refractivity contribution in [2.45, 2.75) is 0 Å². The summed E-state index contributed by atoms with van der Waals surface area (Å²) in [5, 5.41) is 8.65. The Bertz CT molecular complexity index is 933. The number of pyridine rings is 2. The van der Waals surface area contributed by atoms with Crippen LogP contribution in [0.15, 0.2) is 43.0 Å². The Kier molecular flexibility index (Phi) is 2.14. The standard InChI is InChI=1S/C14H13N6/c1-18-9-14-11(17-18)4-3-5-20(14)10-6-13-12(15-7-10)8-16-19(13)2/h3-9H,1-2H3/q+1. The van der Waals surface area contributed by atoms with E-state index in [2.05, 4.69) is 25.8 Å². The van der Waals surface area contributed by atoms with E-state index in [9.17, 15) is 0 Å². The molecule has 20 heavy (non-hydrogen) atoms. The zero-order chi connectivity index (χ0) is 13.7. The summed E-state index contributed by atoms with van der Waals surface area (Å²) >= 11 is 0. The van der Waals surface area contributed by atoms with Gasteiger partial charge in [-0.1, -0.05) is 0 Å². The van der Waals surface area contributed by atoms with Crippen molar-refractivity contribution in [3.63, 3.8) is 0 Å². The molecule has 0 bridgehead atoms. The van der Waals surface area contributed by atoms with Gasteiger partial charge in [0.15, 0.2) is 11.7 Å². The van der Waals surface area contributed by atoms with Gasteiger partial charge in [-0.3, -0.25) is 9.36 Å². The summed E-state index contributed by atoms with van der Waals surface area (Å²) in [6.07, 6.45) is 7.65. The van der Waals surface area contributed by atoms with Gasteiger partial charge in [0.05, 0.1) is 24.1 Å². The second-order valence-corrected chi connectivity index (χ2v) is 4.82. The van der Waals surface area contributed by atoms with Crippen LogP contribution in [0.4, 0.5) is 0 Å². The minimum absolute atomic E-state index is 0.898.